The summed E-state index contributed by atoms with van der Waals surface area (Å²) < 4.78 is 43.1. The van der Waals surface area contributed by atoms with Crippen LogP contribution in [0.25, 0.3) is 0 Å². The van der Waals surface area contributed by atoms with E-state index in [1.165, 1.54) is 0 Å². The van der Waals surface area contributed by atoms with Gasteiger partial charge in [-0.25, -0.2) is 0 Å². The number of nitrogens with zero attached hydrogens (tertiary/aromatic N) is 2. The summed E-state index contributed by atoms with van der Waals surface area (Å²) in [5.41, 5.74) is 0. The number of hydrogen-bond donors (Lipinski definition) is 2. The van der Waals surface area contributed by atoms with Crippen LogP contribution in [-0.2, 0) is 17.6 Å². The van der Waals surface area contributed by atoms with Gasteiger partial charge >= 0.3 is 6.18 Å². The van der Waals surface area contributed by atoms with Gasteiger partial charge in [-0.3, -0.25) is 4.79 Å². The summed E-state index contributed by atoms with van der Waals surface area (Å²) in [5.74, 6) is -2.38. The first kappa shape index (κ1) is 18.7. The first-order chi connectivity index (χ1) is 9.91. The molecule has 0 aliphatic carbocycles. The lowest BCUT2D eigenvalue weighted by Gasteiger charge is -2.20. The van der Waals surface area contributed by atoms with E-state index in [4.69, 9.17) is 4.52 Å². The number of aromatic nitrogens is 2. The molecule has 22 heavy (non-hydrogen) atoms. The van der Waals surface area contributed by atoms with Gasteiger partial charge in [-0.2, -0.15) is 18.2 Å². The van der Waals surface area contributed by atoms with Crippen LogP contribution in [0.3, 0.4) is 0 Å². The van der Waals surface area contributed by atoms with Crippen LogP contribution in [0.15, 0.2) is 4.52 Å². The Hall–Kier alpha value is -1.35. The van der Waals surface area contributed by atoms with Gasteiger partial charge in [-0.1, -0.05) is 12.1 Å². The summed E-state index contributed by atoms with van der Waals surface area (Å²) >= 11 is 0. The monoisotopic (exact) mass is 342 g/mol. The van der Waals surface area contributed by atoms with Crippen molar-refractivity contribution in [2.24, 2.45) is 11.8 Å². The van der Waals surface area contributed by atoms with E-state index in [9.17, 15) is 18.0 Å². The van der Waals surface area contributed by atoms with E-state index in [1.54, 1.807) is 0 Å². The van der Waals surface area contributed by atoms with Crippen molar-refractivity contribution in [3.05, 3.63) is 11.7 Å². The van der Waals surface area contributed by atoms with Gasteiger partial charge in [-0.15, -0.1) is 12.4 Å². The topological polar surface area (TPSA) is 80.0 Å². The van der Waals surface area contributed by atoms with Crippen LogP contribution in [0, 0.1) is 11.8 Å². The molecule has 6 nitrogen and oxygen atoms in total. The molecule has 1 aromatic rings. The van der Waals surface area contributed by atoms with Gasteiger partial charge in [0, 0.05) is 32.5 Å². The van der Waals surface area contributed by atoms with Crippen molar-refractivity contribution >= 4 is 18.3 Å². The van der Waals surface area contributed by atoms with Crippen LogP contribution >= 0.6 is 12.4 Å². The van der Waals surface area contributed by atoms with Crippen LogP contribution in [-0.4, -0.2) is 41.9 Å². The third-order valence-corrected chi connectivity index (χ3v) is 3.43. The summed E-state index contributed by atoms with van der Waals surface area (Å²) in [5, 5.41) is 8.82. The Kier molecular flexibility index (Phi) is 6.61. The SMILES string of the molecule is CCc1nc(CCNC(=O)[C@@H]2CNC[C@H]2C(F)(F)F)no1.Cl. The minimum Gasteiger partial charge on any atom is -0.355 e. The van der Waals surface area contributed by atoms with Gasteiger partial charge in [-0.05, 0) is 0 Å². The highest BCUT2D eigenvalue weighted by Crippen LogP contribution is 2.34. The number of amides is 1. The molecule has 1 saturated heterocycles. The molecule has 0 unspecified atom stereocenters. The number of hydrogen-bond acceptors (Lipinski definition) is 5. The van der Waals surface area contributed by atoms with E-state index in [0.29, 0.717) is 24.6 Å². The third-order valence-electron chi connectivity index (χ3n) is 3.43. The fourth-order valence-corrected chi connectivity index (χ4v) is 2.26. The van der Waals surface area contributed by atoms with Crippen molar-refractivity contribution in [1.82, 2.24) is 20.8 Å². The molecule has 0 saturated carbocycles. The van der Waals surface area contributed by atoms with E-state index in [1.807, 2.05) is 6.92 Å². The molecule has 2 rings (SSSR count). The van der Waals surface area contributed by atoms with Crippen LogP contribution in [0.4, 0.5) is 13.2 Å². The van der Waals surface area contributed by atoms with E-state index in [0.717, 1.165) is 0 Å². The number of carbonyl (C=O) groups excluding carboxylic acids is 1. The van der Waals surface area contributed by atoms with Gasteiger partial charge in [0.15, 0.2) is 5.82 Å². The Labute approximate surface area is 131 Å². The molecule has 1 amide bonds. The summed E-state index contributed by atoms with van der Waals surface area (Å²) in [4.78, 5) is 15.9. The molecule has 2 N–H and O–H groups in total. The first-order valence-corrected chi connectivity index (χ1v) is 6.78. The van der Waals surface area contributed by atoms with Crippen LogP contribution in [0.5, 0.6) is 0 Å². The summed E-state index contributed by atoms with van der Waals surface area (Å²) in [7, 11) is 0. The van der Waals surface area contributed by atoms with Crippen molar-refractivity contribution in [2.45, 2.75) is 25.9 Å². The van der Waals surface area contributed by atoms with E-state index in [2.05, 4.69) is 20.8 Å². The molecule has 1 aliphatic rings. The second-order valence-electron chi connectivity index (χ2n) is 4.91. The fraction of sp³-hybridized carbons (Fsp3) is 0.750. The molecule has 0 spiro atoms. The van der Waals surface area contributed by atoms with E-state index < -0.39 is 23.9 Å². The Morgan fingerprint density at radius 3 is 2.77 bits per heavy atom. The lowest BCUT2D eigenvalue weighted by molar-refractivity contribution is -0.182. The van der Waals surface area contributed by atoms with Gasteiger partial charge < -0.3 is 15.2 Å². The van der Waals surface area contributed by atoms with Gasteiger partial charge in [0.2, 0.25) is 11.8 Å². The molecule has 126 valence electrons. The minimum absolute atomic E-state index is 0. The third kappa shape index (κ3) is 4.57. The predicted molar refractivity (Wildman–Crippen MR) is 73.5 cm³/mol. The average Bonchev–Trinajstić information content (AvgIpc) is 3.06. The second-order valence-corrected chi connectivity index (χ2v) is 4.91. The molecular weight excluding hydrogens is 325 g/mol. The molecule has 1 aliphatic heterocycles. The maximum Gasteiger partial charge on any atom is 0.393 e. The quantitative estimate of drug-likeness (QED) is 0.838. The Morgan fingerprint density at radius 2 is 2.18 bits per heavy atom. The minimum atomic E-state index is -4.37. The fourth-order valence-electron chi connectivity index (χ4n) is 2.26. The largest absolute Gasteiger partial charge is 0.393 e. The van der Waals surface area contributed by atoms with Crippen LogP contribution in [0.1, 0.15) is 18.6 Å². The highest BCUT2D eigenvalue weighted by atomic mass is 35.5. The summed E-state index contributed by atoms with van der Waals surface area (Å²) in [6, 6.07) is 0. The highest BCUT2D eigenvalue weighted by molar-refractivity contribution is 5.85. The van der Waals surface area contributed by atoms with Crippen LogP contribution < -0.4 is 10.6 Å². The number of alkyl halides is 3. The van der Waals surface area contributed by atoms with E-state index >= 15 is 0 Å². The number of carbonyl (C=O) groups is 1. The molecule has 0 bridgehead atoms. The summed E-state index contributed by atoms with van der Waals surface area (Å²) in [6.45, 7) is 1.87. The predicted octanol–water partition coefficient (Wildman–Crippen LogP) is 1.11. The summed E-state index contributed by atoms with van der Waals surface area (Å²) in [6.07, 6.45) is -3.43. The smallest absolute Gasteiger partial charge is 0.355 e. The number of nitrogens with one attached hydrogen (secondary N) is 2. The molecular formula is C12H18ClF3N4O2. The normalized spacial score (nSPS) is 21.5. The molecule has 2 atom stereocenters. The standard InChI is InChI=1S/C12H17F3N4O2.ClH/c1-2-10-18-9(19-21-10)3-4-17-11(20)7-5-16-6-8(7)12(13,14)15;/h7-8,16H,2-6H2,1H3,(H,17,20);1H/t7-,8-;/m1./s1. The lowest BCUT2D eigenvalue weighted by Crippen LogP contribution is -2.40. The van der Waals surface area contributed by atoms with Crippen molar-refractivity contribution < 1.29 is 22.5 Å². The van der Waals surface area contributed by atoms with Crippen molar-refractivity contribution in [2.75, 3.05) is 19.6 Å². The average molecular weight is 343 g/mol. The first-order valence-electron chi connectivity index (χ1n) is 6.78. The Bertz CT molecular complexity index is 495. The molecule has 0 radical (unpaired) electrons. The molecule has 2 heterocycles. The zero-order valence-electron chi connectivity index (χ0n) is 11.9. The number of halogens is 4. The maximum absolute atomic E-state index is 12.7. The van der Waals surface area contributed by atoms with Crippen molar-refractivity contribution in [3.8, 4) is 0 Å². The zero-order chi connectivity index (χ0) is 15.5. The molecule has 1 aromatic heterocycles. The van der Waals surface area contributed by atoms with Crippen molar-refractivity contribution in [1.29, 1.82) is 0 Å². The Balaban J connectivity index is 0.00000242. The van der Waals surface area contributed by atoms with Gasteiger partial charge in [0.05, 0.1) is 11.8 Å². The molecule has 10 heteroatoms. The lowest BCUT2D eigenvalue weighted by atomic mass is 9.94. The van der Waals surface area contributed by atoms with Gasteiger partial charge in [0.25, 0.3) is 0 Å². The number of rotatable bonds is 5. The van der Waals surface area contributed by atoms with Gasteiger partial charge in [0.1, 0.15) is 0 Å². The number of aryl methyl sites for hydroxylation is 1. The molecule has 1 fully saturated rings. The Morgan fingerprint density at radius 1 is 1.45 bits per heavy atom. The molecule has 0 aromatic carbocycles. The second kappa shape index (κ2) is 7.77. The van der Waals surface area contributed by atoms with Crippen molar-refractivity contribution in [3.63, 3.8) is 0 Å². The maximum atomic E-state index is 12.7. The van der Waals surface area contributed by atoms with Crippen LogP contribution in [0.2, 0.25) is 0 Å². The highest BCUT2D eigenvalue weighted by Gasteiger charge is 2.49. The zero-order valence-corrected chi connectivity index (χ0v) is 12.8. The van der Waals surface area contributed by atoms with E-state index in [-0.39, 0.29) is 32.0 Å².